The van der Waals surface area contributed by atoms with Crippen molar-refractivity contribution in [2.45, 2.75) is 13.0 Å². The molecule has 1 aromatic rings. The number of benzene rings is 1. The van der Waals surface area contributed by atoms with E-state index in [4.69, 9.17) is 11.0 Å². The Hall–Kier alpha value is -1.74. The van der Waals surface area contributed by atoms with E-state index in [2.05, 4.69) is 5.32 Å². The van der Waals surface area contributed by atoms with Gasteiger partial charge in [0.1, 0.15) is 15.9 Å². The van der Waals surface area contributed by atoms with Crippen molar-refractivity contribution in [3.05, 3.63) is 23.8 Å². The second-order valence-electron chi connectivity index (χ2n) is 4.05. The van der Waals surface area contributed by atoms with Crippen molar-refractivity contribution >= 4 is 21.2 Å². The van der Waals surface area contributed by atoms with Crippen molar-refractivity contribution < 1.29 is 8.42 Å². The van der Waals surface area contributed by atoms with E-state index in [1.165, 1.54) is 6.26 Å². The lowest BCUT2D eigenvalue weighted by Gasteiger charge is -2.14. The van der Waals surface area contributed by atoms with Crippen LogP contribution in [0.5, 0.6) is 0 Å². The summed E-state index contributed by atoms with van der Waals surface area (Å²) in [7, 11) is -3.02. The summed E-state index contributed by atoms with van der Waals surface area (Å²) in [5.74, 6) is 0.0409. The van der Waals surface area contributed by atoms with Crippen LogP contribution in [0, 0.1) is 11.3 Å². The molecule has 0 saturated carbocycles. The Kier molecular flexibility index (Phi) is 3.97. The summed E-state index contributed by atoms with van der Waals surface area (Å²) in [6.45, 7) is 1.77. The minimum atomic E-state index is -3.02. The molecular formula is C11H15N3O2S. The number of hydrogen-bond acceptors (Lipinski definition) is 5. The molecule has 5 nitrogen and oxygen atoms in total. The second-order valence-corrected chi connectivity index (χ2v) is 6.24. The number of nitrogen functional groups attached to an aromatic ring is 1. The maximum atomic E-state index is 11.1. The molecule has 1 atom stereocenters. The maximum Gasteiger partial charge on any atom is 0.149 e. The first-order valence-electron chi connectivity index (χ1n) is 5.05. The highest BCUT2D eigenvalue weighted by atomic mass is 32.2. The number of hydrogen-bond donors (Lipinski definition) is 2. The molecule has 0 spiro atoms. The van der Waals surface area contributed by atoms with Gasteiger partial charge >= 0.3 is 0 Å². The Labute approximate surface area is 101 Å². The summed E-state index contributed by atoms with van der Waals surface area (Å²) in [4.78, 5) is 0. The van der Waals surface area contributed by atoms with Crippen LogP contribution in [0.3, 0.4) is 0 Å². The molecule has 0 aliphatic carbocycles. The average molecular weight is 253 g/mol. The van der Waals surface area contributed by atoms with Crippen LogP contribution in [-0.2, 0) is 9.84 Å². The number of sulfone groups is 1. The fraction of sp³-hybridized carbons (Fsp3) is 0.364. The van der Waals surface area contributed by atoms with Crippen LogP contribution < -0.4 is 11.1 Å². The van der Waals surface area contributed by atoms with Gasteiger partial charge in [-0.25, -0.2) is 8.42 Å². The van der Waals surface area contributed by atoms with Crippen LogP contribution in [0.15, 0.2) is 18.2 Å². The zero-order valence-electron chi connectivity index (χ0n) is 9.77. The van der Waals surface area contributed by atoms with Gasteiger partial charge in [0.05, 0.1) is 11.3 Å². The molecule has 0 heterocycles. The van der Waals surface area contributed by atoms with Gasteiger partial charge in [-0.2, -0.15) is 5.26 Å². The van der Waals surface area contributed by atoms with Crippen LogP contribution in [0.25, 0.3) is 0 Å². The van der Waals surface area contributed by atoms with Gasteiger partial charge in [0.2, 0.25) is 0 Å². The summed E-state index contributed by atoms with van der Waals surface area (Å²) >= 11 is 0. The molecule has 0 radical (unpaired) electrons. The van der Waals surface area contributed by atoms with Crippen LogP contribution in [-0.4, -0.2) is 26.5 Å². The molecule has 0 aromatic heterocycles. The first-order valence-corrected chi connectivity index (χ1v) is 7.12. The van der Waals surface area contributed by atoms with E-state index in [0.717, 1.165) is 0 Å². The highest BCUT2D eigenvalue weighted by Crippen LogP contribution is 2.17. The Morgan fingerprint density at radius 2 is 2.18 bits per heavy atom. The van der Waals surface area contributed by atoms with Crippen molar-refractivity contribution in [2.24, 2.45) is 0 Å². The predicted molar refractivity (Wildman–Crippen MR) is 68.4 cm³/mol. The number of nitrogens with two attached hydrogens (primary N) is 1. The van der Waals surface area contributed by atoms with Crippen LogP contribution in [0.4, 0.5) is 11.4 Å². The van der Waals surface area contributed by atoms with Crippen LogP contribution in [0.1, 0.15) is 12.5 Å². The van der Waals surface area contributed by atoms with Gasteiger partial charge in [0.15, 0.2) is 0 Å². The third kappa shape index (κ3) is 4.33. The van der Waals surface area contributed by atoms with Gasteiger partial charge in [-0.15, -0.1) is 0 Å². The first-order chi connectivity index (χ1) is 7.81. The summed E-state index contributed by atoms with van der Waals surface area (Å²) in [5.41, 5.74) is 7.06. The van der Waals surface area contributed by atoms with E-state index in [1.807, 2.05) is 6.07 Å². The van der Waals surface area contributed by atoms with E-state index in [1.54, 1.807) is 25.1 Å². The molecule has 0 aliphatic rings. The third-order valence-electron chi connectivity index (χ3n) is 2.14. The van der Waals surface area contributed by atoms with E-state index >= 15 is 0 Å². The van der Waals surface area contributed by atoms with Gasteiger partial charge in [-0.05, 0) is 25.1 Å². The predicted octanol–water partition coefficient (Wildman–Crippen LogP) is 0.985. The minimum Gasteiger partial charge on any atom is -0.398 e. The molecule has 0 fully saturated rings. The highest BCUT2D eigenvalue weighted by molar-refractivity contribution is 7.90. The largest absolute Gasteiger partial charge is 0.398 e. The Bertz CT molecular complexity index is 546. The minimum absolute atomic E-state index is 0.0409. The molecule has 1 rings (SSSR count). The molecule has 17 heavy (non-hydrogen) atoms. The van der Waals surface area contributed by atoms with Crippen molar-refractivity contribution in [3.63, 3.8) is 0 Å². The monoisotopic (exact) mass is 253 g/mol. The van der Waals surface area contributed by atoms with Crippen molar-refractivity contribution in [1.82, 2.24) is 0 Å². The molecule has 0 saturated heterocycles. The van der Waals surface area contributed by atoms with Crippen molar-refractivity contribution in [2.75, 3.05) is 23.1 Å². The van der Waals surface area contributed by atoms with Gasteiger partial charge in [-0.3, -0.25) is 0 Å². The van der Waals surface area contributed by atoms with E-state index in [0.29, 0.717) is 16.9 Å². The van der Waals surface area contributed by atoms with Crippen LogP contribution >= 0.6 is 0 Å². The number of rotatable bonds is 4. The summed E-state index contributed by atoms with van der Waals surface area (Å²) in [6, 6.07) is 6.69. The van der Waals surface area contributed by atoms with E-state index < -0.39 is 9.84 Å². The first kappa shape index (κ1) is 13.3. The molecule has 0 amide bonds. The fourth-order valence-corrected chi connectivity index (χ4v) is 2.51. The second kappa shape index (κ2) is 5.06. The number of nitrogens with zero attached hydrogens (tertiary/aromatic N) is 1. The average Bonchev–Trinajstić information content (AvgIpc) is 2.18. The Morgan fingerprint density at radius 1 is 1.53 bits per heavy atom. The smallest absolute Gasteiger partial charge is 0.149 e. The quantitative estimate of drug-likeness (QED) is 0.780. The lowest BCUT2D eigenvalue weighted by molar-refractivity contribution is 0.598. The summed E-state index contributed by atoms with van der Waals surface area (Å²) < 4.78 is 22.2. The number of nitriles is 1. The van der Waals surface area contributed by atoms with Gasteiger partial charge in [-0.1, -0.05) is 0 Å². The summed E-state index contributed by atoms with van der Waals surface area (Å²) in [5, 5.41) is 11.8. The molecule has 0 aliphatic heterocycles. The molecule has 3 N–H and O–H groups in total. The molecular weight excluding hydrogens is 238 g/mol. The van der Waals surface area contributed by atoms with Crippen LogP contribution in [0.2, 0.25) is 0 Å². The summed E-state index contributed by atoms with van der Waals surface area (Å²) in [6.07, 6.45) is 1.19. The molecule has 92 valence electrons. The number of anilines is 2. The standard InChI is InChI=1S/C11H15N3O2S/c1-8(7-17(2,15)16)14-10-3-4-11(13)9(5-10)6-12/h3-5,8,14H,7,13H2,1-2H3. The van der Waals surface area contributed by atoms with E-state index in [9.17, 15) is 8.42 Å². The zero-order valence-corrected chi connectivity index (χ0v) is 10.6. The van der Waals surface area contributed by atoms with E-state index in [-0.39, 0.29) is 11.8 Å². The maximum absolute atomic E-state index is 11.1. The topological polar surface area (TPSA) is 96.0 Å². The zero-order chi connectivity index (χ0) is 13.1. The SMILES string of the molecule is CC(CS(C)(=O)=O)Nc1ccc(N)c(C#N)c1. The third-order valence-corrected chi connectivity index (χ3v) is 3.25. The fourth-order valence-electron chi connectivity index (χ4n) is 1.52. The Morgan fingerprint density at radius 3 is 2.71 bits per heavy atom. The lowest BCUT2D eigenvalue weighted by Crippen LogP contribution is -2.25. The molecule has 1 unspecified atom stereocenters. The van der Waals surface area contributed by atoms with Gasteiger partial charge in [0.25, 0.3) is 0 Å². The molecule has 0 bridgehead atoms. The van der Waals surface area contributed by atoms with Gasteiger partial charge in [0, 0.05) is 23.7 Å². The lowest BCUT2D eigenvalue weighted by atomic mass is 10.1. The molecule has 1 aromatic carbocycles. The van der Waals surface area contributed by atoms with Crippen molar-refractivity contribution in [1.29, 1.82) is 5.26 Å². The molecule has 6 heteroatoms. The number of nitrogens with one attached hydrogen (secondary N) is 1. The van der Waals surface area contributed by atoms with Crippen molar-refractivity contribution in [3.8, 4) is 6.07 Å². The Balaban J connectivity index is 2.80. The normalized spacial score (nSPS) is 12.8. The highest BCUT2D eigenvalue weighted by Gasteiger charge is 2.10. The van der Waals surface area contributed by atoms with Gasteiger partial charge < -0.3 is 11.1 Å².